The quantitative estimate of drug-likeness (QED) is 0.257. The number of ether oxygens (including phenoxy) is 1. The van der Waals surface area contributed by atoms with Crippen LogP contribution in [0.1, 0.15) is 16.1 Å². The van der Waals surface area contributed by atoms with Crippen LogP contribution >= 0.6 is 0 Å². The number of halogens is 5. The molecule has 3 aromatic heterocycles. The van der Waals surface area contributed by atoms with E-state index in [1.807, 2.05) is 0 Å². The largest absolute Gasteiger partial charge is 0.573 e. The number of pyridine rings is 2. The van der Waals surface area contributed by atoms with Crippen LogP contribution in [0, 0.1) is 18.6 Å². The molecule has 0 saturated carbocycles. The molecule has 1 N–H and O–H groups in total. The predicted molar refractivity (Wildman–Crippen MR) is 130 cm³/mol. The smallest absolute Gasteiger partial charge is 0.406 e. The minimum atomic E-state index is -4.87. The Morgan fingerprint density at radius 2 is 1.71 bits per heavy atom. The molecule has 0 saturated heterocycles. The van der Waals surface area contributed by atoms with Crippen molar-refractivity contribution >= 4 is 17.1 Å². The third-order valence-corrected chi connectivity index (χ3v) is 5.73. The lowest BCUT2D eigenvalue weighted by Gasteiger charge is -2.12. The molecule has 0 bridgehead atoms. The lowest BCUT2D eigenvalue weighted by molar-refractivity contribution is -0.274. The van der Waals surface area contributed by atoms with Gasteiger partial charge in [0.2, 0.25) is 0 Å². The molecule has 1 amide bonds. The normalized spacial score (nSPS) is 11.5. The highest BCUT2D eigenvalue weighted by atomic mass is 19.4. The standard InChI is InChI=1S/C27H17F5N4O2/c1-15-21(26(37)35-17-5-2-6-18(12-17)38-27(30,31)32)11-16(13-33-15)19-8-4-10-36-23(19)14-34-25(36)20-7-3-9-22(28)24(20)29/h2-14H,1H3,(H,35,37). The number of nitrogens with zero attached hydrogens (tertiary/aromatic N) is 3. The average Bonchev–Trinajstić information content (AvgIpc) is 3.29. The summed E-state index contributed by atoms with van der Waals surface area (Å²) < 4.78 is 71.4. The molecule has 38 heavy (non-hydrogen) atoms. The summed E-state index contributed by atoms with van der Waals surface area (Å²) in [4.78, 5) is 21.6. The van der Waals surface area contributed by atoms with Crippen LogP contribution in [0.4, 0.5) is 27.6 Å². The Labute approximate surface area is 212 Å². The van der Waals surface area contributed by atoms with Crippen LogP contribution in [0.2, 0.25) is 0 Å². The highest BCUT2D eigenvalue weighted by Gasteiger charge is 2.31. The molecule has 0 radical (unpaired) electrons. The number of rotatable bonds is 5. The molecule has 0 atom stereocenters. The first-order valence-electron chi connectivity index (χ1n) is 11.2. The molecule has 5 aromatic rings. The van der Waals surface area contributed by atoms with E-state index in [4.69, 9.17) is 0 Å². The van der Waals surface area contributed by atoms with Gasteiger partial charge in [0.25, 0.3) is 5.91 Å². The maximum Gasteiger partial charge on any atom is 0.573 e. The maximum absolute atomic E-state index is 14.4. The summed E-state index contributed by atoms with van der Waals surface area (Å²) in [5, 5.41) is 2.56. The SMILES string of the molecule is Cc1ncc(-c2cccn3c(-c4cccc(F)c4F)ncc23)cc1C(=O)Nc1cccc(OC(F)(F)F)c1. The number of fused-ring (bicyclic) bond motifs is 1. The van der Waals surface area contributed by atoms with Crippen molar-refractivity contribution in [2.24, 2.45) is 0 Å². The number of anilines is 1. The second kappa shape index (κ2) is 9.58. The zero-order chi connectivity index (χ0) is 27.0. The molecule has 0 fully saturated rings. The average molecular weight is 524 g/mol. The lowest BCUT2D eigenvalue weighted by Crippen LogP contribution is -2.18. The molecule has 0 spiro atoms. The second-order valence-corrected chi connectivity index (χ2v) is 8.25. The van der Waals surface area contributed by atoms with Gasteiger partial charge in [0.1, 0.15) is 11.6 Å². The first-order chi connectivity index (χ1) is 18.1. The van der Waals surface area contributed by atoms with E-state index in [2.05, 4.69) is 20.0 Å². The van der Waals surface area contributed by atoms with Crippen LogP contribution in [0.5, 0.6) is 5.75 Å². The Kier molecular flexibility index (Phi) is 6.27. The summed E-state index contributed by atoms with van der Waals surface area (Å²) in [5.74, 6) is -2.89. The van der Waals surface area contributed by atoms with E-state index >= 15 is 0 Å². The van der Waals surface area contributed by atoms with Gasteiger partial charge in [0.05, 0.1) is 28.5 Å². The first kappa shape index (κ1) is 24.9. The van der Waals surface area contributed by atoms with Crippen molar-refractivity contribution in [3.63, 3.8) is 0 Å². The minimum absolute atomic E-state index is 0.0130. The van der Waals surface area contributed by atoms with E-state index in [1.165, 1.54) is 30.5 Å². The number of hydrogen-bond acceptors (Lipinski definition) is 4. The van der Waals surface area contributed by atoms with Gasteiger partial charge < -0.3 is 10.1 Å². The number of aromatic nitrogens is 3. The molecular weight excluding hydrogens is 507 g/mol. The maximum atomic E-state index is 14.4. The molecule has 0 aliphatic carbocycles. The van der Waals surface area contributed by atoms with Gasteiger partial charge in [-0.2, -0.15) is 0 Å². The second-order valence-electron chi connectivity index (χ2n) is 8.25. The van der Waals surface area contributed by atoms with E-state index in [9.17, 15) is 26.7 Å². The molecule has 3 heterocycles. The fourth-order valence-corrected chi connectivity index (χ4v) is 4.02. The van der Waals surface area contributed by atoms with E-state index in [-0.39, 0.29) is 22.6 Å². The number of imidazole rings is 1. The van der Waals surface area contributed by atoms with E-state index < -0.39 is 29.7 Å². The topological polar surface area (TPSA) is 68.5 Å². The molecule has 5 rings (SSSR count). The zero-order valence-corrected chi connectivity index (χ0v) is 19.6. The van der Waals surface area contributed by atoms with Gasteiger partial charge in [-0.15, -0.1) is 13.2 Å². The zero-order valence-electron chi connectivity index (χ0n) is 19.6. The number of benzene rings is 2. The Morgan fingerprint density at radius 3 is 2.50 bits per heavy atom. The van der Waals surface area contributed by atoms with Gasteiger partial charge in [0.15, 0.2) is 11.6 Å². The third kappa shape index (κ3) is 4.90. The van der Waals surface area contributed by atoms with Crippen molar-refractivity contribution in [2.75, 3.05) is 5.32 Å². The van der Waals surface area contributed by atoms with Crippen molar-refractivity contribution in [3.8, 4) is 28.3 Å². The molecule has 0 aliphatic rings. The van der Waals surface area contributed by atoms with Crippen LogP contribution in [0.15, 0.2) is 79.3 Å². The van der Waals surface area contributed by atoms with E-state index in [0.717, 1.165) is 18.2 Å². The molecule has 2 aromatic carbocycles. The summed E-state index contributed by atoms with van der Waals surface area (Å²) in [6.07, 6.45) is -0.168. The van der Waals surface area contributed by atoms with Crippen molar-refractivity contribution in [3.05, 3.63) is 102 Å². The number of amides is 1. The molecule has 192 valence electrons. The number of carbonyl (C=O) groups excluding carboxylic acids is 1. The highest BCUT2D eigenvalue weighted by Crippen LogP contribution is 2.31. The lowest BCUT2D eigenvalue weighted by atomic mass is 10.0. The van der Waals surface area contributed by atoms with Crippen LogP contribution in [0.3, 0.4) is 0 Å². The summed E-state index contributed by atoms with van der Waals surface area (Å²) in [6, 6.07) is 13.8. The number of aryl methyl sites for hydroxylation is 1. The third-order valence-electron chi connectivity index (χ3n) is 5.73. The Hall–Kier alpha value is -4.80. The van der Waals surface area contributed by atoms with Gasteiger partial charge >= 0.3 is 6.36 Å². The van der Waals surface area contributed by atoms with Gasteiger partial charge in [-0.25, -0.2) is 13.8 Å². The molecule has 6 nitrogen and oxygen atoms in total. The molecule has 11 heteroatoms. The minimum Gasteiger partial charge on any atom is -0.406 e. The van der Waals surface area contributed by atoms with Gasteiger partial charge in [-0.1, -0.05) is 18.2 Å². The summed E-state index contributed by atoms with van der Waals surface area (Å²) in [6.45, 7) is 1.62. The first-order valence-corrected chi connectivity index (χ1v) is 11.2. The Balaban J connectivity index is 1.49. The summed E-state index contributed by atoms with van der Waals surface area (Å²) in [7, 11) is 0. The number of hydrogen-bond donors (Lipinski definition) is 1. The highest BCUT2D eigenvalue weighted by molar-refractivity contribution is 6.06. The van der Waals surface area contributed by atoms with Crippen molar-refractivity contribution in [1.29, 1.82) is 0 Å². The summed E-state index contributed by atoms with van der Waals surface area (Å²) >= 11 is 0. The fraction of sp³-hybridized carbons (Fsp3) is 0.0741. The number of carbonyl (C=O) groups is 1. The van der Waals surface area contributed by atoms with Gasteiger partial charge in [-0.05, 0) is 43.3 Å². The van der Waals surface area contributed by atoms with Crippen LogP contribution in [0.25, 0.3) is 28.0 Å². The van der Waals surface area contributed by atoms with Crippen molar-refractivity contribution in [2.45, 2.75) is 13.3 Å². The van der Waals surface area contributed by atoms with Gasteiger partial charge in [-0.3, -0.25) is 14.2 Å². The van der Waals surface area contributed by atoms with E-state index in [1.54, 1.807) is 41.9 Å². The molecule has 0 unspecified atom stereocenters. The van der Waals surface area contributed by atoms with Gasteiger partial charge in [0, 0.05) is 35.3 Å². The molecular formula is C27H17F5N4O2. The van der Waals surface area contributed by atoms with Crippen molar-refractivity contribution in [1.82, 2.24) is 14.4 Å². The van der Waals surface area contributed by atoms with Crippen molar-refractivity contribution < 1.29 is 31.5 Å². The molecule has 0 aliphatic heterocycles. The van der Waals surface area contributed by atoms with Crippen LogP contribution in [-0.4, -0.2) is 26.6 Å². The summed E-state index contributed by atoms with van der Waals surface area (Å²) in [5.41, 5.74) is 2.36. The van der Waals surface area contributed by atoms with Crippen LogP contribution < -0.4 is 10.1 Å². The Bertz CT molecular complexity index is 1680. The number of nitrogens with one attached hydrogen (secondary N) is 1. The predicted octanol–water partition coefficient (Wildman–Crippen LogP) is 6.80. The Morgan fingerprint density at radius 1 is 0.947 bits per heavy atom. The van der Waals surface area contributed by atoms with Crippen LogP contribution in [-0.2, 0) is 0 Å². The number of alkyl halides is 3. The monoisotopic (exact) mass is 524 g/mol. The fourth-order valence-electron chi connectivity index (χ4n) is 4.02. The van der Waals surface area contributed by atoms with E-state index in [0.29, 0.717) is 22.3 Å².